The first-order chi connectivity index (χ1) is 8.82. The van der Waals surface area contributed by atoms with Crippen LogP contribution in [0.25, 0.3) is 0 Å². The average Bonchev–Trinajstić information content (AvgIpc) is 2.38. The summed E-state index contributed by atoms with van der Waals surface area (Å²) in [6.07, 6.45) is 0.928. The number of aliphatic hydroxyl groups excluding tert-OH is 1. The zero-order chi connectivity index (χ0) is 14.6. The van der Waals surface area contributed by atoms with Crippen molar-refractivity contribution >= 4 is 26.0 Å². The summed E-state index contributed by atoms with van der Waals surface area (Å²) in [6.45, 7) is 4.36. The van der Waals surface area contributed by atoms with Gasteiger partial charge in [0.2, 0.25) is 10.0 Å². The maximum Gasteiger partial charge on any atom is 0.243 e. The molecule has 0 bridgehead atoms. The number of aliphatic hydroxyl groups is 1. The lowest BCUT2D eigenvalue weighted by Crippen LogP contribution is -2.31. The molecule has 0 spiro atoms. The Morgan fingerprint density at radius 2 is 2.05 bits per heavy atom. The van der Waals surface area contributed by atoms with Crippen molar-refractivity contribution in [2.75, 3.05) is 13.6 Å². The van der Waals surface area contributed by atoms with Gasteiger partial charge in [-0.2, -0.15) is 0 Å². The normalized spacial score (nSPS) is 13.8. The van der Waals surface area contributed by atoms with Gasteiger partial charge in [-0.3, -0.25) is 0 Å². The van der Waals surface area contributed by atoms with E-state index >= 15 is 0 Å². The Hall–Kier alpha value is -0.430. The molecule has 4 nitrogen and oxygen atoms in total. The molecule has 1 aromatic rings. The zero-order valence-electron chi connectivity index (χ0n) is 11.4. The Balaban J connectivity index is 3.12. The summed E-state index contributed by atoms with van der Waals surface area (Å²) in [5, 5.41) is 9.12. The molecule has 19 heavy (non-hydrogen) atoms. The highest BCUT2D eigenvalue weighted by Gasteiger charge is 2.24. The summed E-state index contributed by atoms with van der Waals surface area (Å²) >= 11 is 3.26. The van der Waals surface area contributed by atoms with E-state index < -0.39 is 10.0 Å². The third kappa shape index (κ3) is 4.02. The Bertz CT molecular complexity index is 531. The molecule has 1 rings (SSSR count). The minimum absolute atomic E-state index is 0.176. The van der Waals surface area contributed by atoms with Gasteiger partial charge in [-0.05, 0) is 39.5 Å². The third-order valence-corrected chi connectivity index (χ3v) is 5.95. The lowest BCUT2D eigenvalue weighted by molar-refractivity contribution is 0.281. The molecular weight excluding hydrogens is 330 g/mol. The van der Waals surface area contributed by atoms with Gasteiger partial charge >= 0.3 is 0 Å². The molecular formula is C13H20BrNO3S. The van der Waals surface area contributed by atoms with Crippen LogP contribution < -0.4 is 0 Å². The highest BCUT2D eigenvalue weighted by atomic mass is 79.9. The van der Waals surface area contributed by atoms with Crippen LogP contribution >= 0.6 is 15.9 Å². The Morgan fingerprint density at radius 3 is 2.58 bits per heavy atom. The van der Waals surface area contributed by atoms with Crippen LogP contribution in [0.5, 0.6) is 0 Å². The number of hydrogen-bond donors (Lipinski definition) is 1. The second-order valence-corrected chi connectivity index (χ2v) is 7.59. The van der Waals surface area contributed by atoms with Crippen LogP contribution in [0.1, 0.15) is 25.8 Å². The van der Waals surface area contributed by atoms with E-state index in [1.54, 1.807) is 19.2 Å². The smallest absolute Gasteiger partial charge is 0.243 e. The van der Waals surface area contributed by atoms with Crippen LogP contribution in [0.15, 0.2) is 27.6 Å². The van der Waals surface area contributed by atoms with Crippen molar-refractivity contribution in [3.05, 3.63) is 28.2 Å². The predicted molar refractivity (Wildman–Crippen MR) is 79.3 cm³/mol. The SMILES string of the molecule is CCC(C)CN(C)S(=O)(=O)c1cc(CO)ccc1Br. The van der Waals surface area contributed by atoms with E-state index in [0.717, 1.165) is 6.42 Å². The summed E-state index contributed by atoms with van der Waals surface area (Å²) in [7, 11) is -1.95. The van der Waals surface area contributed by atoms with E-state index in [9.17, 15) is 8.42 Å². The van der Waals surface area contributed by atoms with Gasteiger partial charge in [0.05, 0.1) is 11.5 Å². The molecule has 0 aliphatic carbocycles. The monoisotopic (exact) mass is 349 g/mol. The average molecular weight is 350 g/mol. The lowest BCUT2D eigenvalue weighted by Gasteiger charge is -2.21. The molecule has 1 aromatic carbocycles. The van der Waals surface area contributed by atoms with Crippen LogP contribution in [-0.4, -0.2) is 31.4 Å². The van der Waals surface area contributed by atoms with Crippen molar-refractivity contribution in [2.24, 2.45) is 5.92 Å². The Kier molecular flexibility index (Phi) is 5.98. The van der Waals surface area contributed by atoms with E-state index in [0.29, 0.717) is 22.5 Å². The van der Waals surface area contributed by atoms with E-state index in [1.165, 1.54) is 10.4 Å². The fraction of sp³-hybridized carbons (Fsp3) is 0.538. The molecule has 0 aromatic heterocycles. The van der Waals surface area contributed by atoms with Crippen molar-refractivity contribution in [1.29, 1.82) is 0 Å². The van der Waals surface area contributed by atoms with Gasteiger partial charge in [-0.25, -0.2) is 12.7 Å². The number of nitrogens with zero attached hydrogens (tertiary/aromatic N) is 1. The largest absolute Gasteiger partial charge is 0.392 e. The standard InChI is InChI=1S/C13H20BrNO3S/c1-4-10(2)8-15(3)19(17,18)13-7-11(9-16)5-6-12(13)14/h5-7,10,16H,4,8-9H2,1-3H3. The molecule has 0 aliphatic rings. The topological polar surface area (TPSA) is 57.6 Å². The molecule has 0 saturated heterocycles. The maximum absolute atomic E-state index is 12.5. The van der Waals surface area contributed by atoms with Crippen LogP contribution in [0.3, 0.4) is 0 Å². The van der Waals surface area contributed by atoms with Crippen molar-refractivity contribution in [3.63, 3.8) is 0 Å². The van der Waals surface area contributed by atoms with Gasteiger partial charge in [0, 0.05) is 18.1 Å². The first-order valence-electron chi connectivity index (χ1n) is 6.18. The van der Waals surface area contributed by atoms with Gasteiger partial charge in [-0.15, -0.1) is 0 Å². The molecule has 1 unspecified atom stereocenters. The van der Waals surface area contributed by atoms with Gasteiger partial charge in [0.15, 0.2) is 0 Å². The van der Waals surface area contributed by atoms with Crippen LogP contribution in [0, 0.1) is 5.92 Å². The highest BCUT2D eigenvalue weighted by Crippen LogP contribution is 2.26. The van der Waals surface area contributed by atoms with Gasteiger partial charge in [-0.1, -0.05) is 26.3 Å². The lowest BCUT2D eigenvalue weighted by atomic mass is 10.1. The first-order valence-corrected chi connectivity index (χ1v) is 8.41. The second-order valence-electron chi connectivity index (χ2n) is 4.72. The van der Waals surface area contributed by atoms with Crippen LogP contribution in [0.4, 0.5) is 0 Å². The quantitative estimate of drug-likeness (QED) is 0.858. The fourth-order valence-corrected chi connectivity index (χ4v) is 3.94. The second kappa shape index (κ2) is 6.83. The molecule has 0 fully saturated rings. The zero-order valence-corrected chi connectivity index (χ0v) is 13.8. The van der Waals surface area contributed by atoms with E-state index in [1.807, 2.05) is 13.8 Å². The number of sulfonamides is 1. The van der Waals surface area contributed by atoms with Crippen molar-refractivity contribution in [3.8, 4) is 0 Å². The number of benzene rings is 1. The number of hydrogen-bond acceptors (Lipinski definition) is 3. The summed E-state index contributed by atoms with van der Waals surface area (Å²) in [5.74, 6) is 0.305. The van der Waals surface area contributed by atoms with E-state index in [2.05, 4.69) is 15.9 Å². The van der Waals surface area contributed by atoms with Gasteiger partial charge in [0.25, 0.3) is 0 Å². The predicted octanol–water partition coefficient (Wildman–Crippen LogP) is 2.61. The fourth-order valence-electron chi connectivity index (χ4n) is 1.68. The molecule has 0 saturated carbocycles. The third-order valence-electron chi connectivity index (χ3n) is 3.13. The van der Waals surface area contributed by atoms with Crippen molar-refractivity contribution < 1.29 is 13.5 Å². The first kappa shape index (κ1) is 16.6. The number of rotatable bonds is 6. The van der Waals surface area contributed by atoms with E-state index in [4.69, 9.17) is 5.11 Å². The summed E-state index contributed by atoms with van der Waals surface area (Å²) in [6, 6.07) is 4.85. The van der Waals surface area contributed by atoms with Crippen molar-refractivity contribution in [2.45, 2.75) is 31.8 Å². The summed E-state index contributed by atoms with van der Waals surface area (Å²) < 4.78 is 26.9. The Labute approximate surface area is 123 Å². The molecule has 6 heteroatoms. The van der Waals surface area contributed by atoms with Gasteiger partial charge in [0.1, 0.15) is 0 Å². The van der Waals surface area contributed by atoms with Crippen molar-refractivity contribution in [1.82, 2.24) is 4.31 Å². The molecule has 108 valence electrons. The summed E-state index contributed by atoms with van der Waals surface area (Å²) in [5.41, 5.74) is 0.582. The molecule has 0 amide bonds. The minimum Gasteiger partial charge on any atom is -0.392 e. The summed E-state index contributed by atoms with van der Waals surface area (Å²) in [4.78, 5) is 0.199. The van der Waals surface area contributed by atoms with E-state index in [-0.39, 0.29) is 11.5 Å². The highest BCUT2D eigenvalue weighted by molar-refractivity contribution is 9.10. The maximum atomic E-state index is 12.5. The molecule has 1 atom stereocenters. The minimum atomic E-state index is -3.53. The van der Waals surface area contributed by atoms with Gasteiger partial charge < -0.3 is 5.11 Å². The number of halogens is 1. The van der Waals surface area contributed by atoms with Crippen LogP contribution in [-0.2, 0) is 16.6 Å². The molecule has 0 radical (unpaired) electrons. The Morgan fingerprint density at radius 1 is 1.42 bits per heavy atom. The molecule has 1 N–H and O–H groups in total. The van der Waals surface area contributed by atoms with Crippen LogP contribution in [0.2, 0.25) is 0 Å². The molecule has 0 heterocycles. The molecule has 0 aliphatic heterocycles.